The van der Waals surface area contributed by atoms with Crippen LogP contribution in [0.1, 0.15) is 25.0 Å². The lowest BCUT2D eigenvalue weighted by Gasteiger charge is -2.15. The van der Waals surface area contributed by atoms with Crippen LogP contribution in [0, 0.1) is 11.8 Å². The van der Waals surface area contributed by atoms with E-state index >= 15 is 0 Å². The van der Waals surface area contributed by atoms with E-state index in [0.29, 0.717) is 12.5 Å². The third-order valence-corrected chi connectivity index (χ3v) is 6.10. The molecule has 0 spiro atoms. The monoisotopic (exact) mass is 336 g/mol. The Morgan fingerprint density at radius 3 is 2.80 bits per heavy atom. The minimum atomic E-state index is -0.0663. The van der Waals surface area contributed by atoms with Crippen molar-refractivity contribution in [3.05, 3.63) is 59.7 Å². The quantitative estimate of drug-likeness (QED) is 0.804. The SMILES string of the molecule is CC1C(C(=O)NCC2Cc3ccc(O)cc3N2)C1(C)c1ccccc1. The summed E-state index contributed by atoms with van der Waals surface area (Å²) in [5.41, 5.74) is 3.33. The summed E-state index contributed by atoms with van der Waals surface area (Å²) in [5, 5.41) is 16.1. The molecule has 1 saturated carbocycles. The minimum absolute atomic E-state index is 0.0303. The molecule has 2 aliphatic rings. The first kappa shape index (κ1) is 16.0. The lowest BCUT2D eigenvalue weighted by molar-refractivity contribution is -0.122. The topological polar surface area (TPSA) is 61.4 Å². The lowest BCUT2D eigenvalue weighted by atomic mass is 9.94. The Morgan fingerprint density at radius 1 is 1.28 bits per heavy atom. The van der Waals surface area contributed by atoms with Crippen LogP contribution in [-0.2, 0) is 16.6 Å². The van der Waals surface area contributed by atoms with Crippen LogP contribution < -0.4 is 10.6 Å². The van der Waals surface area contributed by atoms with Gasteiger partial charge in [0.05, 0.1) is 5.92 Å². The smallest absolute Gasteiger partial charge is 0.224 e. The molecular weight excluding hydrogens is 312 g/mol. The number of carbonyl (C=O) groups is 1. The predicted octanol–water partition coefficient (Wildman–Crippen LogP) is 3.07. The fourth-order valence-electron chi connectivity index (χ4n) is 4.34. The van der Waals surface area contributed by atoms with E-state index in [1.54, 1.807) is 12.1 Å². The van der Waals surface area contributed by atoms with Gasteiger partial charge in [-0.15, -0.1) is 0 Å². The molecule has 4 atom stereocenters. The molecule has 25 heavy (non-hydrogen) atoms. The molecule has 1 aliphatic heterocycles. The molecule has 1 heterocycles. The standard InChI is InChI=1S/C21H24N2O2/c1-13-19(21(13,2)15-6-4-3-5-7-15)20(25)22-12-16-10-14-8-9-17(24)11-18(14)23-16/h3-9,11,13,16,19,23-24H,10,12H2,1-2H3,(H,22,25). The maximum Gasteiger partial charge on any atom is 0.224 e. The Balaban J connectivity index is 1.36. The molecule has 4 nitrogen and oxygen atoms in total. The summed E-state index contributed by atoms with van der Waals surface area (Å²) in [7, 11) is 0. The average Bonchev–Trinajstić information content (AvgIpc) is 2.98. The first-order valence-corrected chi connectivity index (χ1v) is 8.92. The molecular formula is C21H24N2O2. The van der Waals surface area contributed by atoms with Crippen molar-refractivity contribution in [2.75, 3.05) is 11.9 Å². The van der Waals surface area contributed by atoms with Gasteiger partial charge in [0.25, 0.3) is 0 Å². The molecule has 1 fully saturated rings. The van der Waals surface area contributed by atoms with Crippen LogP contribution >= 0.6 is 0 Å². The highest BCUT2D eigenvalue weighted by molar-refractivity contribution is 5.85. The number of aromatic hydroxyl groups is 1. The number of benzene rings is 2. The van der Waals surface area contributed by atoms with Gasteiger partial charge in [0.15, 0.2) is 0 Å². The number of phenolic OH excluding ortho intramolecular Hbond substituents is 1. The average molecular weight is 336 g/mol. The van der Waals surface area contributed by atoms with Gasteiger partial charge in [0.1, 0.15) is 5.75 Å². The first-order valence-electron chi connectivity index (χ1n) is 8.92. The number of fused-ring (bicyclic) bond motifs is 1. The van der Waals surface area contributed by atoms with Gasteiger partial charge in [-0.1, -0.05) is 50.2 Å². The van der Waals surface area contributed by atoms with E-state index in [-0.39, 0.29) is 29.0 Å². The van der Waals surface area contributed by atoms with Gasteiger partial charge in [-0.3, -0.25) is 4.79 Å². The highest BCUT2D eigenvalue weighted by Crippen LogP contribution is 2.59. The fourth-order valence-corrected chi connectivity index (χ4v) is 4.34. The fraction of sp³-hybridized carbons (Fsp3) is 0.381. The number of carbonyl (C=O) groups excluding carboxylic acids is 1. The maximum atomic E-state index is 12.7. The zero-order chi connectivity index (χ0) is 17.6. The van der Waals surface area contributed by atoms with Gasteiger partial charge in [0.2, 0.25) is 5.91 Å². The molecule has 3 N–H and O–H groups in total. The Labute approximate surface area is 148 Å². The summed E-state index contributed by atoms with van der Waals surface area (Å²) in [6.45, 7) is 4.94. The number of hydrogen-bond donors (Lipinski definition) is 3. The molecule has 0 bridgehead atoms. The minimum Gasteiger partial charge on any atom is -0.508 e. The second-order valence-electron chi connectivity index (χ2n) is 7.55. The van der Waals surface area contributed by atoms with Gasteiger partial charge >= 0.3 is 0 Å². The van der Waals surface area contributed by atoms with E-state index in [1.165, 1.54) is 11.1 Å². The number of nitrogens with one attached hydrogen (secondary N) is 2. The molecule has 1 amide bonds. The van der Waals surface area contributed by atoms with Crippen molar-refractivity contribution in [2.24, 2.45) is 11.8 Å². The van der Waals surface area contributed by atoms with E-state index < -0.39 is 0 Å². The summed E-state index contributed by atoms with van der Waals surface area (Å²) in [6.07, 6.45) is 0.867. The first-order chi connectivity index (χ1) is 12.0. The van der Waals surface area contributed by atoms with Crippen molar-refractivity contribution >= 4 is 11.6 Å². The lowest BCUT2D eigenvalue weighted by Crippen LogP contribution is -2.37. The van der Waals surface area contributed by atoms with Crippen molar-refractivity contribution in [2.45, 2.75) is 31.7 Å². The number of phenols is 1. The molecule has 4 rings (SSSR count). The molecule has 1 aliphatic carbocycles. The van der Waals surface area contributed by atoms with Crippen LogP contribution in [0.25, 0.3) is 0 Å². The molecule has 2 aromatic rings. The Morgan fingerprint density at radius 2 is 2.04 bits per heavy atom. The number of amides is 1. The third-order valence-electron chi connectivity index (χ3n) is 6.10. The van der Waals surface area contributed by atoms with Crippen molar-refractivity contribution in [3.63, 3.8) is 0 Å². The molecule has 0 saturated heterocycles. The van der Waals surface area contributed by atoms with E-state index in [9.17, 15) is 9.90 Å². The van der Waals surface area contributed by atoms with Crippen LogP contribution in [0.5, 0.6) is 5.75 Å². The normalized spacial score (nSPS) is 29.6. The summed E-state index contributed by atoms with van der Waals surface area (Å²) < 4.78 is 0. The van der Waals surface area contributed by atoms with E-state index in [2.05, 4.69) is 36.6 Å². The zero-order valence-electron chi connectivity index (χ0n) is 14.6. The van der Waals surface area contributed by atoms with Crippen LogP contribution in [0.15, 0.2) is 48.5 Å². The second-order valence-corrected chi connectivity index (χ2v) is 7.55. The van der Waals surface area contributed by atoms with Crippen molar-refractivity contribution < 1.29 is 9.90 Å². The molecule has 2 aromatic carbocycles. The Hall–Kier alpha value is -2.49. The molecule has 4 heteroatoms. The molecule has 130 valence electrons. The summed E-state index contributed by atoms with van der Waals surface area (Å²) in [6, 6.07) is 15.9. The Kier molecular flexibility index (Phi) is 3.71. The van der Waals surface area contributed by atoms with Gasteiger partial charge in [0, 0.05) is 29.8 Å². The van der Waals surface area contributed by atoms with Crippen LogP contribution in [0.3, 0.4) is 0 Å². The summed E-state index contributed by atoms with van der Waals surface area (Å²) >= 11 is 0. The number of anilines is 1. The number of rotatable bonds is 4. The van der Waals surface area contributed by atoms with Crippen molar-refractivity contribution in [1.82, 2.24) is 5.32 Å². The third kappa shape index (κ3) is 2.66. The van der Waals surface area contributed by atoms with Gasteiger partial charge in [-0.05, 0) is 29.5 Å². The molecule has 0 radical (unpaired) electrons. The highest BCUT2D eigenvalue weighted by atomic mass is 16.3. The zero-order valence-corrected chi connectivity index (χ0v) is 14.6. The second kappa shape index (κ2) is 5.80. The van der Waals surface area contributed by atoms with E-state index in [4.69, 9.17) is 0 Å². The van der Waals surface area contributed by atoms with Crippen LogP contribution in [0.2, 0.25) is 0 Å². The molecule has 4 unspecified atom stereocenters. The highest BCUT2D eigenvalue weighted by Gasteiger charge is 2.62. The Bertz CT molecular complexity index is 805. The van der Waals surface area contributed by atoms with Gasteiger partial charge in [-0.2, -0.15) is 0 Å². The summed E-state index contributed by atoms with van der Waals surface area (Å²) in [5.74, 6) is 0.782. The van der Waals surface area contributed by atoms with E-state index in [0.717, 1.165) is 12.1 Å². The number of hydrogen-bond acceptors (Lipinski definition) is 3. The van der Waals surface area contributed by atoms with Crippen LogP contribution in [0.4, 0.5) is 5.69 Å². The van der Waals surface area contributed by atoms with Gasteiger partial charge in [-0.25, -0.2) is 0 Å². The largest absolute Gasteiger partial charge is 0.508 e. The predicted molar refractivity (Wildman–Crippen MR) is 98.7 cm³/mol. The van der Waals surface area contributed by atoms with Gasteiger partial charge < -0.3 is 15.7 Å². The summed E-state index contributed by atoms with van der Waals surface area (Å²) in [4.78, 5) is 12.7. The van der Waals surface area contributed by atoms with Crippen LogP contribution in [-0.4, -0.2) is 23.6 Å². The van der Waals surface area contributed by atoms with E-state index in [1.807, 2.05) is 24.3 Å². The van der Waals surface area contributed by atoms with Crippen molar-refractivity contribution in [3.8, 4) is 5.75 Å². The van der Waals surface area contributed by atoms with Crippen molar-refractivity contribution in [1.29, 1.82) is 0 Å². The molecule has 0 aromatic heterocycles. The maximum absolute atomic E-state index is 12.7.